The Balaban J connectivity index is 1.85. The molecule has 1 fully saturated rings. The Kier molecular flexibility index (Phi) is 3.21. The number of hydrogen-bond acceptors (Lipinski definition) is 3. The number of nitrogens with zero attached hydrogens (tertiary/aromatic N) is 1. The SMILES string of the molecule is CC1CCCC1NCc1ccc(O)cn1. The quantitative estimate of drug-likeness (QED) is 0.795. The highest BCUT2D eigenvalue weighted by Crippen LogP contribution is 2.24. The molecule has 1 heterocycles. The van der Waals surface area contributed by atoms with Gasteiger partial charge in [0.2, 0.25) is 0 Å². The highest BCUT2D eigenvalue weighted by Gasteiger charge is 2.22. The first-order chi connectivity index (χ1) is 7.25. The lowest BCUT2D eigenvalue weighted by Gasteiger charge is -2.16. The van der Waals surface area contributed by atoms with E-state index in [4.69, 9.17) is 5.11 Å². The van der Waals surface area contributed by atoms with Crippen molar-refractivity contribution in [2.24, 2.45) is 5.92 Å². The fraction of sp³-hybridized carbons (Fsp3) is 0.583. The van der Waals surface area contributed by atoms with E-state index in [9.17, 15) is 0 Å². The average Bonchev–Trinajstić information content (AvgIpc) is 2.63. The molecule has 0 spiro atoms. The van der Waals surface area contributed by atoms with Crippen molar-refractivity contribution in [3.8, 4) is 5.75 Å². The summed E-state index contributed by atoms with van der Waals surface area (Å²) < 4.78 is 0. The van der Waals surface area contributed by atoms with E-state index in [2.05, 4.69) is 17.2 Å². The predicted molar refractivity (Wildman–Crippen MR) is 59.5 cm³/mol. The van der Waals surface area contributed by atoms with E-state index in [1.165, 1.54) is 25.5 Å². The summed E-state index contributed by atoms with van der Waals surface area (Å²) in [5.41, 5.74) is 0.993. The van der Waals surface area contributed by atoms with Crippen LogP contribution in [-0.2, 0) is 6.54 Å². The third kappa shape index (κ3) is 2.69. The van der Waals surface area contributed by atoms with Gasteiger partial charge in [-0.05, 0) is 30.9 Å². The lowest BCUT2D eigenvalue weighted by molar-refractivity contribution is 0.423. The fourth-order valence-corrected chi connectivity index (χ4v) is 2.21. The van der Waals surface area contributed by atoms with Crippen molar-refractivity contribution in [3.63, 3.8) is 0 Å². The van der Waals surface area contributed by atoms with Gasteiger partial charge in [0.05, 0.1) is 11.9 Å². The van der Waals surface area contributed by atoms with Crippen molar-refractivity contribution < 1.29 is 5.11 Å². The zero-order valence-corrected chi connectivity index (χ0v) is 9.11. The standard InChI is InChI=1S/C12H18N2O/c1-9-3-2-4-12(9)14-7-10-5-6-11(15)8-13-10/h5-6,8-9,12,14-15H,2-4,7H2,1H3. The molecule has 1 aromatic heterocycles. The summed E-state index contributed by atoms with van der Waals surface area (Å²) in [4.78, 5) is 4.15. The summed E-state index contributed by atoms with van der Waals surface area (Å²) in [7, 11) is 0. The number of nitrogens with one attached hydrogen (secondary N) is 1. The molecular formula is C12H18N2O. The molecule has 82 valence electrons. The first kappa shape index (κ1) is 10.4. The lowest BCUT2D eigenvalue weighted by Crippen LogP contribution is -2.30. The Morgan fingerprint density at radius 3 is 2.93 bits per heavy atom. The monoisotopic (exact) mass is 206 g/mol. The summed E-state index contributed by atoms with van der Waals surface area (Å²) in [6.45, 7) is 3.10. The smallest absolute Gasteiger partial charge is 0.133 e. The van der Waals surface area contributed by atoms with Gasteiger partial charge in [0, 0.05) is 12.6 Å². The maximum absolute atomic E-state index is 9.10. The number of hydrogen-bond donors (Lipinski definition) is 2. The van der Waals surface area contributed by atoms with Gasteiger partial charge in [-0.1, -0.05) is 13.3 Å². The minimum atomic E-state index is 0.230. The normalized spacial score (nSPS) is 25.7. The second kappa shape index (κ2) is 4.62. The minimum absolute atomic E-state index is 0.230. The summed E-state index contributed by atoms with van der Waals surface area (Å²) in [5.74, 6) is 1.01. The van der Waals surface area contributed by atoms with Gasteiger partial charge in [0.15, 0.2) is 0 Å². The minimum Gasteiger partial charge on any atom is -0.506 e. The molecule has 15 heavy (non-hydrogen) atoms. The molecule has 1 aliphatic rings. The van der Waals surface area contributed by atoms with Crippen LogP contribution in [0.1, 0.15) is 31.9 Å². The van der Waals surface area contributed by atoms with Crippen LogP contribution in [0.25, 0.3) is 0 Å². The molecule has 0 amide bonds. The van der Waals surface area contributed by atoms with Crippen molar-refractivity contribution in [2.45, 2.75) is 38.8 Å². The van der Waals surface area contributed by atoms with Crippen LogP contribution in [0.3, 0.4) is 0 Å². The summed E-state index contributed by atoms with van der Waals surface area (Å²) in [6, 6.07) is 4.19. The fourth-order valence-electron chi connectivity index (χ4n) is 2.21. The van der Waals surface area contributed by atoms with Crippen LogP contribution in [-0.4, -0.2) is 16.1 Å². The molecule has 1 saturated carbocycles. The van der Waals surface area contributed by atoms with Crippen molar-refractivity contribution in [3.05, 3.63) is 24.0 Å². The van der Waals surface area contributed by atoms with Crippen molar-refractivity contribution in [1.29, 1.82) is 0 Å². The van der Waals surface area contributed by atoms with Crippen LogP contribution in [0.4, 0.5) is 0 Å². The van der Waals surface area contributed by atoms with Gasteiger partial charge in [-0.25, -0.2) is 0 Å². The van der Waals surface area contributed by atoms with Gasteiger partial charge in [0.25, 0.3) is 0 Å². The molecule has 0 saturated heterocycles. The van der Waals surface area contributed by atoms with E-state index < -0.39 is 0 Å². The van der Waals surface area contributed by atoms with Crippen molar-refractivity contribution >= 4 is 0 Å². The third-order valence-electron chi connectivity index (χ3n) is 3.22. The summed E-state index contributed by atoms with van der Waals surface area (Å²) in [5, 5.41) is 12.6. The first-order valence-corrected chi connectivity index (χ1v) is 5.63. The number of aromatic nitrogens is 1. The second-order valence-corrected chi connectivity index (χ2v) is 4.40. The number of aromatic hydroxyl groups is 1. The molecule has 2 N–H and O–H groups in total. The molecule has 1 aliphatic carbocycles. The van der Waals surface area contributed by atoms with E-state index in [1.54, 1.807) is 6.07 Å². The summed E-state index contributed by atoms with van der Waals surface area (Å²) in [6.07, 6.45) is 5.44. The highest BCUT2D eigenvalue weighted by molar-refractivity contribution is 5.17. The Bertz CT molecular complexity index is 310. The molecule has 0 aromatic carbocycles. The van der Waals surface area contributed by atoms with Crippen molar-refractivity contribution in [1.82, 2.24) is 10.3 Å². The molecule has 3 nitrogen and oxygen atoms in total. The highest BCUT2D eigenvalue weighted by atomic mass is 16.3. The van der Waals surface area contributed by atoms with Gasteiger partial charge in [0.1, 0.15) is 5.75 Å². The van der Waals surface area contributed by atoms with Gasteiger partial charge in [-0.3, -0.25) is 4.98 Å². The first-order valence-electron chi connectivity index (χ1n) is 5.63. The maximum atomic E-state index is 9.10. The number of rotatable bonds is 3. The second-order valence-electron chi connectivity index (χ2n) is 4.40. The van der Waals surface area contributed by atoms with E-state index in [1.807, 2.05) is 6.07 Å². The molecular weight excluding hydrogens is 188 g/mol. The number of pyridine rings is 1. The molecule has 3 heteroatoms. The predicted octanol–water partition coefficient (Wildman–Crippen LogP) is 2.07. The van der Waals surface area contributed by atoms with Crippen LogP contribution in [0.5, 0.6) is 5.75 Å². The molecule has 2 rings (SSSR count). The van der Waals surface area contributed by atoms with E-state index in [-0.39, 0.29) is 5.75 Å². The van der Waals surface area contributed by atoms with Crippen LogP contribution < -0.4 is 5.32 Å². The van der Waals surface area contributed by atoms with Gasteiger partial charge < -0.3 is 10.4 Å². The van der Waals surface area contributed by atoms with Crippen LogP contribution in [0.15, 0.2) is 18.3 Å². The van der Waals surface area contributed by atoms with Crippen molar-refractivity contribution in [2.75, 3.05) is 0 Å². The molecule has 0 bridgehead atoms. The molecule has 2 unspecified atom stereocenters. The van der Waals surface area contributed by atoms with Crippen LogP contribution >= 0.6 is 0 Å². The van der Waals surface area contributed by atoms with Gasteiger partial charge in [-0.2, -0.15) is 0 Å². The Hall–Kier alpha value is -1.09. The molecule has 0 aliphatic heterocycles. The van der Waals surface area contributed by atoms with E-state index in [0.29, 0.717) is 6.04 Å². The van der Waals surface area contributed by atoms with Crippen LogP contribution in [0.2, 0.25) is 0 Å². The Morgan fingerprint density at radius 2 is 2.33 bits per heavy atom. The molecule has 1 aromatic rings. The zero-order chi connectivity index (χ0) is 10.7. The van der Waals surface area contributed by atoms with Crippen LogP contribution in [0, 0.1) is 5.92 Å². The molecule has 2 atom stereocenters. The van der Waals surface area contributed by atoms with E-state index >= 15 is 0 Å². The summed E-state index contributed by atoms with van der Waals surface area (Å²) >= 11 is 0. The molecule has 0 radical (unpaired) electrons. The Labute approximate surface area is 90.5 Å². The largest absolute Gasteiger partial charge is 0.506 e. The Morgan fingerprint density at radius 1 is 1.47 bits per heavy atom. The average molecular weight is 206 g/mol. The maximum Gasteiger partial charge on any atom is 0.133 e. The van der Waals surface area contributed by atoms with Gasteiger partial charge >= 0.3 is 0 Å². The topological polar surface area (TPSA) is 45.1 Å². The zero-order valence-electron chi connectivity index (χ0n) is 9.11. The van der Waals surface area contributed by atoms with Gasteiger partial charge in [-0.15, -0.1) is 0 Å². The lowest BCUT2D eigenvalue weighted by atomic mass is 10.1. The van der Waals surface area contributed by atoms with E-state index in [0.717, 1.165) is 18.2 Å². The third-order valence-corrected chi connectivity index (χ3v) is 3.22.